The zero-order valence-corrected chi connectivity index (χ0v) is 14.3. The second-order valence-corrected chi connectivity index (χ2v) is 7.42. The van der Waals surface area contributed by atoms with Crippen molar-refractivity contribution < 1.29 is 4.79 Å². The van der Waals surface area contributed by atoms with E-state index < -0.39 is 0 Å². The first-order chi connectivity index (χ1) is 10.6. The maximum Gasteiger partial charge on any atom is 0.231 e. The number of thioether (sulfide) groups is 1. The molecule has 22 heavy (non-hydrogen) atoms. The fourth-order valence-electron chi connectivity index (χ4n) is 3.19. The van der Waals surface area contributed by atoms with E-state index in [4.69, 9.17) is 4.99 Å². The van der Waals surface area contributed by atoms with E-state index in [9.17, 15) is 4.79 Å². The van der Waals surface area contributed by atoms with Crippen LogP contribution in [0, 0.1) is 19.8 Å². The largest absolute Gasteiger partial charge is 0.291 e. The number of amidine groups is 1. The number of nitrogens with zero attached hydrogens (tertiary/aromatic N) is 2. The van der Waals surface area contributed by atoms with Crippen LogP contribution in [0.1, 0.15) is 43.2 Å². The Morgan fingerprint density at radius 1 is 1.23 bits per heavy atom. The summed E-state index contributed by atoms with van der Waals surface area (Å²) in [4.78, 5) is 19.6. The number of hydrogen-bond acceptors (Lipinski definition) is 3. The van der Waals surface area contributed by atoms with Crippen LogP contribution >= 0.6 is 11.8 Å². The minimum absolute atomic E-state index is 0.225. The van der Waals surface area contributed by atoms with Crippen molar-refractivity contribution in [3.05, 3.63) is 29.3 Å². The Bertz CT molecular complexity index is 591. The van der Waals surface area contributed by atoms with Crippen molar-refractivity contribution in [1.82, 2.24) is 4.90 Å². The fourth-order valence-corrected chi connectivity index (χ4v) is 4.15. The van der Waals surface area contributed by atoms with Gasteiger partial charge in [0, 0.05) is 18.2 Å². The molecule has 1 saturated heterocycles. The van der Waals surface area contributed by atoms with Gasteiger partial charge < -0.3 is 0 Å². The van der Waals surface area contributed by atoms with Gasteiger partial charge in [-0.25, -0.2) is 4.99 Å². The molecule has 3 nitrogen and oxygen atoms in total. The first kappa shape index (κ1) is 15.6. The Morgan fingerprint density at radius 2 is 2.00 bits per heavy atom. The predicted molar refractivity (Wildman–Crippen MR) is 93.8 cm³/mol. The quantitative estimate of drug-likeness (QED) is 0.807. The average Bonchev–Trinajstić information content (AvgIpc) is 3.05. The van der Waals surface area contributed by atoms with Crippen LogP contribution in [0.25, 0.3) is 0 Å². The zero-order chi connectivity index (χ0) is 15.5. The number of aliphatic imine (C=N–C) groups is 1. The van der Waals surface area contributed by atoms with Gasteiger partial charge in [-0.3, -0.25) is 9.69 Å². The Hall–Kier alpha value is -1.29. The van der Waals surface area contributed by atoms with Crippen LogP contribution in [0.5, 0.6) is 0 Å². The number of benzene rings is 1. The number of carbonyl (C=O) groups excluding carboxylic acids is 1. The first-order valence-corrected chi connectivity index (χ1v) is 9.24. The summed E-state index contributed by atoms with van der Waals surface area (Å²) in [5.74, 6) is 1.58. The van der Waals surface area contributed by atoms with Crippen LogP contribution in [0.15, 0.2) is 23.2 Å². The summed E-state index contributed by atoms with van der Waals surface area (Å²) < 4.78 is 0. The Kier molecular flexibility index (Phi) is 4.87. The minimum Gasteiger partial charge on any atom is -0.291 e. The van der Waals surface area contributed by atoms with Crippen molar-refractivity contribution in [2.45, 2.75) is 46.0 Å². The third-order valence-corrected chi connectivity index (χ3v) is 5.60. The molecule has 118 valence electrons. The van der Waals surface area contributed by atoms with Gasteiger partial charge in [0.25, 0.3) is 0 Å². The van der Waals surface area contributed by atoms with Gasteiger partial charge in [0.05, 0.1) is 5.69 Å². The van der Waals surface area contributed by atoms with E-state index >= 15 is 0 Å². The molecule has 1 aromatic carbocycles. The Labute approximate surface area is 137 Å². The predicted octanol–water partition coefficient (Wildman–Crippen LogP) is 4.45. The normalized spacial score (nSPS) is 21.5. The van der Waals surface area contributed by atoms with E-state index in [-0.39, 0.29) is 5.92 Å². The molecule has 0 aromatic heterocycles. The van der Waals surface area contributed by atoms with Gasteiger partial charge in [0.15, 0.2) is 5.17 Å². The molecule has 1 amide bonds. The summed E-state index contributed by atoms with van der Waals surface area (Å²) in [6.07, 6.45) is 5.56. The maximum atomic E-state index is 12.8. The van der Waals surface area contributed by atoms with Crippen LogP contribution in [0.2, 0.25) is 0 Å². The van der Waals surface area contributed by atoms with Crippen molar-refractivity contribution in [2.75, 3.05) is 12.3 Å². The summed E-state index contributed by atoms with van der Waals surface area (Å²) in [6.45, 7) is 4.99. The monoisotopic (exact) mass is 316 g/mol. The topological polar surface area (TPSA) is 32.7 Å². The first-order valence-electron chi connectivity index (χ1n) is 8.25. The summed E-state index contributed by atoms with van der Waals surface area (Å²) in [7, 11) is 0. The molecule has 1 aliphatic heterocycles. The molecule has 0 atom stereocenters. The van der Waals surface area contributed by atoms with Crippen molar-refractivity contribution in [3.8, 4) is 0 Å². The lowest BCUT2D eigenvalue weighted by Gasteiger charge is -2.30. The van der Waals surface area contributed by atoms with Gasteiger partial charge >= 0.3 is 0 Å². The van der Waals surface area contributed by atoms with E-state index in [1.807, 2.05) is 4.90 Å². The van der Waals surface area contributed by atoms with E-state index in [1.165, 1.54) is 18.4 Å². The van der Waals surface area contributed by atoms with Crippen molar-refractivity contribution in [2.24, 2.45) is 10.9 Å². The van der Waals surface area contributed by atoms with Crippen molar-refractivity contribution in [1.29, 1.82) is 0 Å². The highest BCUT2D eigenvalue weighted by Gasteiger charge is 2.31. The van der Waals surface area contributed by atoms with Gasteiger partial charge in [-0.05, 0) is 50.3 Å². The van der Waals surface area contributed by atoms with Crippen LogP contribution in [-0.2, 0) is 4.79 Å². The van der Waals surface area contributed by atoms with Gasteiger partial charge in [-0.1, -0.05) is 36.7 Å². The molecule has 0 N–H and O–H groups in total. The van der Waals surface area contributed by atoms with E-state index in [0.717, 1.165) is 48.0 Å². The summed E-state index contributed by atoms with van der Waals surface area (Å²) in [6, 6.07) is 6.32. The number of hydrogen-bond donors (Lipinski definition) is 0. The van der Waals surface area contributed by atoms with E-state index in [2.05, 4.69) is 32.0 Å². The molecule has 0 radical (unpaired) electrons. The number of amides is 1. The zero-order valence-electron chi connectivity index (χ0n) is 13.5. The molecule has 3 rings (SSSR count). The smallest absolute Gasteiger partial charge is 0.231 e. The molecule has 0 unspecified atom stereocenters. The number of rotatable bonds is 2. The van der Waals surface area contributed by atoms with Crippen LogP contribution < -0.4 is 0 Å². The lowest BCUT2D eigenvalue weighted by molar-refractivity contribution is -0.131. The van der Waals surface area contributed by atoms with E-state index in [1.54, 1.807) is 11.8 Å². The Balaban J connectivity index is 1.87. The molecule has 1 saturated carbocycles. The van der Waals surface area contributed by atoms with Gasteiger partial charge in [-0.2, -0.15) is 0 Å². The highest BCUT2D eigenvalue weighted by Crippen LogP contribution is 2.31. The lowest BCUT2D eigenvalue weighted by Crippen LogP contribution is -2.42. The second kappa shape index (κ2) is 6.86. The summed E-state index contributed by atoms with van der Waals surface area (Å²) >= 11 is 1.72. The van der Waals surface area contributed by atoms with Crippen LogP contribution in [0.4, 0.5) is 5.69 Å². The Morgan fingerprint density at radius 3 is 2.77 bits per heavy atom. The minimum atomic E-state index is 0.225. The summed E-state index contributed by atoms with van der Waals surface area (Å²) in [5.41, 5.74) is 3.37. The fraction of sp³-hybridized carbons (Fsp3) is 0.556. The lowest BCUT2D eigenvalue weighted by atomic mass is 10.1. The standard InChI is InChI=1S/C18H24N2OS/c1-13-8-9-14(2)16(12-13)19-18-20(10-5-11-22-18)17(21)15-6-3-4-7-15/h8-9,12,15H,3-7,10-11H2,1-2H3. The van der Waals surface area contributed by atoms with Crippen molar-refractivity contribution in [3.63, 3.8) is 0 Å². The van der Waals surface area contributed by atoms with Crippen LogP contribution in [0.3, 0.4) is 0 Å². The molecule has 2 fully saturated rings. The maximum absolute atomic E-state index is 12.8. The van der Waals surface area contributed by atoms with Gasteiger partial charge in [0.2, 0.25) is 5.91 Å². The molecular weight excluding hydrogens is 292 g/mol. The van der Waals surface area contributed by atoms with Gasteiger partial charge in [-0.15, -0.1) is 0 Å². The molecule has 1 aromatic rings. The molecule has 1 aliphatic carbocycles. The molecule has 1 heterocycles. The molecule has 4 heteroatoms. The molecule has 0 spiro atoms. The third kappa shape index (κ3) is 3.37. The highest BCUT2D eigenvalue weighted by atomic mass is 32.2. The van der Waals surface area contributed by atoms with E-state index in [0.29, 0.717) is 5.91 Å². The third-order valence-electron chi connectivity index (χ3n) is 4.54. The second-order valence-electron chi connectivity index (χ2n) is 6.36. The molecule has 2 aliphatic rings. The molecule has 0 bridgehead atoms. The highest BCUT2D eigenvalue weighted by molar-refractivity contribution is 8.13. The van der Waals surface area contributed by atoms with Gasteiger partial charge in [0.1, 0.15) is 0 Å². The van der Waals surface area contributed by atoms with Crippen LogP contribution in [-0.4, -0.2) is 28.3 Å². The number of aryl methyl sites for hydroxylation is 2. The average molecular weight is 316 g/mol. The summed E-state index contributed by atoms with van der Waals surface area (Å²) in [5, 5.41) is 0.900. The number of carbonyl (C=O) groups is 1. The SMILES string of the molecule is Cc1ccc(C)c(N=C2SCCCN2C(=O)C2CCCC2)c1. The van der Waals surface area contributed by atoms with Crippen molar-refractivity contribution >= 4 is 28.5 Å². The molecular formula is C18H24N2OS.